The molecule has 1 aromatic carbocycles. The summed E-state index contributed by atoms with van der Waals surface area (Å²) in [5.74, 6) is 0.695. The van der Waals surface area contributed by atoms with Gasteiger partial charge in [-0.05, 0) is 24.6 Å². The van der Waals surface area contributed by atoms with Gasteiger partial charge in [0.2, 0.25) is 10.0 Å². The van der Waals surface area contributed by atoms with Gasteiger partial charge in [-0.3, -0.25) is 4.79 Å². The van der Waals surface area contributed by atoms with Crippen molar-refractivity contribution < 1.29 is 22.7 Å². The third-order valence-electron chi connectivity index (χ3n) is 2.70. The summed E-state index contributed by atoms with van der Waals surface area (Å²) in [6.45, 7) is 1.18. The van der Waals surface area contributed by atoms with Crippen molar-refractivity contribution in [3.05, 3.63) is 23.8 Å². The molecule has 0 bridgehead atoms. The summed E-state index contributed by atoms with van der Waals surface area (Å²) in [6.07, 6.45) is 0.273. The van der Waals surface area contributed by atoms with Crippen molar-refractivity contribution in [1.29, 1.82) is 0 Å². The van der Waals surface area contributed by atoms with Crippen LogP contribution in [0.3, 0.4) is 0 Å². The number of carbonyl (C=O) groups excluding carboxylic acids is 1. The number of rotatable bonds is 5. The Balaban J connectivity index is 1.89. The Kier molecular flexibility index (Phi) is 4.46. The van der Waals surface area contributed by atoms with E-state index >= 15 is 0 Å². The molecule has 1 aliphatic heterocycles. The van der Waals surface area contributed by atoms with Gasteiger partial charge in [0.1, 0.15) is 13.2 Å². The first-order valence-electron chi connectivity index (χ1n) is 6.14. The van der Waals surface area contributed by atoms with Gasteiger partial charge in [-0.1, -0.05) is 0 Å². The van der Waals surface area contributed by atoms with E-state index in [1.165, 1.54) is 0 Å². The highest BCUT2D eigenvalue weighted by Crippen LogP contribution is 2.30. The molecule has 2 rings (SSSR count). The molecule has 0 unspecified atom stereocenters. The third-order valence-corrected chi connectivity index (χ3v) is 3.55. The van der Waals surface area contributed by atoms with Crippen molar-refractivity contribution >= 4 is 15.9 Å². The molecule has 0 atom stereocenters. The van der Waals surface area contributed by atoms with Gasteiger partial charge >= 0.3 is 0 Å². The molecule has 1 aliphatic rings. The Labute approximate surface area is 117 Å². The van der Waals surface area contributed by atoms with Crippen LogP contribution in [0.1, 0.15) is 16.8 Å². The summed E-state index contributed by atoms with van der Waals surface area (Å²) in [7, 11) is -3.49. The molecule has 0 saturated carbocycles. The maximum absolute atomic E-state index is 11.9. The van der Waals surface area contributed by atoms with Crippen LogP contribution in [-0.4, -0.2) is 39.8 Å². The predicted molar refractivity (Wildman–Crippen MR) is 72.4 cm³/mol. The van der Waals surface area contributed by atoms with Crippen molar-refractivity contribution in [2.24, 2.45) is 5.14 Å². The molecule has 3 N–H and O–H groups in total. The van der Waals surface area contributed by atoms with Crippen LogP contribution in [0.2, 0.25) is 0 Å². The summed E-state index contributed by atoms with van der Waals surface area (Å²) in [5, 5.41) is 7.49. The summed E-state index contributed by atoms with van der Waals surface area (Å²) in [5.41, 5.74) is 0.435. The molecule has 0 saturated heterocycles. The van der Waals surface area contributed by atoms with E-state index in [1.54, 1.807) is 18.2 Å². The van der Waals surface area contributed by atoms with Gasteiger partial charge in [0.15, 0.2) is 11.5 Å². The van der Waals surface area contributed by atoms with Crippen LogP contribution in [-0.2, 0) is 10.0 Å². The number of fused-ring (bicyclic) bond motifs is 1. The maximum atomic E-state index is 11.9. The van der Waals surface area contributed by atoms with Crippen LogP contribution in [0.4, 0.5) is 0 Å². The Hall–Kier alpha value is -1.80. The van der Waals surface area contributed by atoms with Gasteiger partial charge in [0.25, 0.3) is 5.91 Å². The smallest absolute Gasteiger partial charge is 0.251 e. The monoisotopic (exact) mass is 300 g/mol. The number of hydrogen-bond acceptors (Lipinski definition) is 5. The fraction of sp³-hybridized carbons (Fsp3) is 0.417. The Morgan fingerprint density at radius 1 is 1.25 bits per heavy atom. The predicted octanol–water partition coefficient (Wildman–Crippen LogP) is -0.134. The Morgan fingerprint density at radius 2 is 1.95 bits per heavy atom. The summed E-state index contributed by atoms with van der Waals surface area (Å²) in [6, 6.07) is 4.90. The van der Waals surface area contributed by atoms with Crippen LogP contribution >= 0.6 is 0 Å². The highest BCUT2D eigenvalue weighted by atomic mass is 32.2. The van der Waals surface area contributed by atoms with Gasteiger partial charge in [-0.2, -0.15) is 0 Å². The average molecular weight is 300 g/mol. The number of nitrogens with one attached hydrogen (secondary N) is 1. The molecule has 8 heteroatoms. The van der Waals surface area contributed by atoms with Gasteiger partial charge < -0.3 is 14.8 Å². The molecular weight excluding hydrogens is 284 g/mol. The number of sulfonamides is 1. The molecule has 0 radical (unpaired) electrons. The highest BCUT2D eigenvalue weighted by Gasteiger charge is 2.14. The first-order valence-corrected chi connectivity index (χ1v) is 7.85. The van der Waals surface area contributed by atoms with E-state index in [0.29, 0.717) is 30.3 Å². The molecule has 0 spiro atoms. The third kappa shape index (κ3) is 4.10. The van der Waals surface area contributed by atoms with Crippen LogP contribution in [0.5, 0.6) is 11.5 Å². The first-order chi connectivity index (χ1) is 9.46. The van der Waals surface area contributed by atoms with Crippen LogP contribution in [0.15, 0.2) is 18.2 Å². The number of hydrogen-bond donors (Lipinski definition) is 2. The molecule has 1 heterocycles. The van der Waals surface area contributed by atoms with Gasteiger partial charge in [0.05, 0.1) is 5.75 Å². The van der Waals surface area contributed by atoms with Crippen molar-refractivity contribution in [2.45, 2.75) is 6.42 Å². The number of carbonyl (C=O) groups is 1. The second kappa shape index (κ2) is 6.10. The lowest BCUT2D eigenvalue weighted by atomic mass is 10.2. The lowest BCUT2D eigenvalue weighted by Gasteiger charge is -2.18. The quantitative estimate of drug-likeness (QED) is 0.736. The second-order valence-electron chi connectivity index (χ2n) is 4.33. The number of amides is 1. The molecule has 7 nitrogen and oxygen atoms in total. The minimum absolute atomic E-state index is 0.158. The lowest BCUT2D eigenvalue weighted by molar-refractivity contribution is 0.0952. The Bertz CT molecular complexity index is 600. The zero-order valence-corrected chi connectivity index (χ0v) is 11.6. The van der Waals surface area contributed by atoms with E-state index in [2.05, 4.69) is 5.32 Å². The molecule has 0 aromatic heterocycles. The van der Waals surface area contributed by atoms with E-state index in [0.717, 1.165) is 0 Å². The van der Waals surface area contributed by atoms with E-state index in [1.807, 2.05) is 0 Å². The van der Waals surface area contributed by atoms with Crippen molar-refractivity contribution in [1.82, 2.24) is 5.32 Å². The topological polar surface area (TPSA) is 108 Å². The fourth-order valence-corrected chi connectivity index (χ4v) is 2.31. The fourth-order valence-electron chi connectivity index (χ4n) is 1.76. The minimum atomic E-state index is -3.49. The number of ether oxygens (including phenoxy) is 2. The van der Waals surface area contributed by atoms with Crippen LogP contribution in [0.25, 0.3) is 0 Å². The van der Waals surface area contributed by atoms with E-state index in [4.69, 9.17) is 14.6 Å². The summed E-state index contributed by atoms with van der Waals surface area (Å²) >= 11 is 0. The normalized spacial score (nSPS) is 13.8. The second-order valence-corrected chi connectivity index (χ2v) is 6.07. The van der Waals surface area contributed by atoms with Crippen molar-refractivity contribution in [2.75, 3.05) is 25.5 Å². The van der Waals surface area contributed by atoms with Gasteiger partial charge in [-0.15, -0.1) is 0 Å². The van der Waals surface area contributed by atoms with Crippen molar-refractivity contribution in [3.63, 3.8) is 0 Å². The molecule has 0 fully saturated rings. The molecule has 1 aromatic rings. The Morgan fingerprint density at radius 3 is 2.65 bits per heavy atom. The maximum Gasteiger partial charge on any atom is 0.251 e. The summed E-state index contributed by atoms with van der Waals surface area (Å²) < 4.78 is 32.2. The molecule has 110 valence electrons. The van der Waals surface area contributed by atoms with E-state index in [-0.39, 0.29) is 24.6 Å². The standard InChI is InChI=1S/C12H16N2O5S/c13-20(16,17)7-1-4-14-12(15)9-2-3-10-11(8-9)19-6-5-18-10/h2-3,8H,1,4-7H2,(H,14,15)(H2,13,16,17). The minimum Gasteiger partial charge on any atom is -0.486 e. The average Bonchev–Trinajstić information content (AvgIpc) is 2.42. The molecular formula is C12H16N2O5S. The number of nitrogens with two attached hydrogens (primary N) is 1. The van der Waals surface area contributed by atoms with Crippen LogP contribution < -0.4 is 19.9 Å². The van der Waals surface area contributed by atoms with Crippen LogP contribution in [0, 0.1) is 0 Å². The zero-order valence-electron chi connectivity index (χ0n) is 10.8. The molecule has 20 heavy (non-hydrogen) atoms. The summed E-state index contributed by atoms with van der Waals surface area (Å²) in [4.78, 5) is 11.9. The molecule has 0 aliphatic carbocycles. The van der Waals surface area contributed by atoms with E-state index in [9.17, 15) is 13.2 Å². The van der Waals surface area contributed by atoms with E-state index < -0.39 is 10.0 Å². The molecule has 1 amide bonds. The number of primary sulfonamides is 1. The SMILES string of the molecule is NS(=O)(=O)CCCNC(=O)c1ccc2c(c1)OCCO2. The van der Waals surface area contributed by atoms with Gasteiger partial charge in [-0.25, -0.2) is 13.6 Å². The van der Waals surface area contributed by atoms with Gasteiger partial charge in [0, 0.05) is 12.1 Å². The number of benzene rings is 1. The zero-order chi connectivity index (χ0) is 14.6. The van der Waals surface area contributed by atoms with Crippen molar-refractivity contribution in [3.8, 4) is 11.5 Å². The largest absolute Gasteiger partial charge is 0.486 e. The first kappa shape index (κ1) is 14.6. The lowest BCUT2D eigenvalue weighted by Crippen LogP contribution is -2.27. The highest BCUT2D eigenvalue weighted by molar-refractivity contribution is 7.89.